The number of aromatic nitrogens is 3. The number of thioether (sulfide) groups is 1. The number of rotatable bonds is 10. The Morgan fingerprint density at radius 3 is 2.63 bits per heavy atom. The third-order valence-electron chi connectivity index (χ3n) is 4.83. The maximum atomic E-state index is 14.2. The third-order valence-corrected chi connectivity index (χ3v) is 5.92. The van der Waals surface area contributed by atoms with E-state index in [4.69, 9.17) is 9.47 Å². The number of nitrogens with zero attached hydrogens (tertiary/aromatic N) is 3. The van der Waals surface area contributed by atoms with Crippen LogP contribution in [0.15, 0.2) is 53.7 Å². The maximum absolute atomic E-state index is 14.2. The summed E-state index contributed by atoms with van der Waals surface area (Å²) in [4.78, 5) is 0. The van der Waals surface area contributed by atoms with Gasteiger partial charge in [-0.15, -0.1) is 10.2 Å². The fraction of sp³-hybridized carbons (Fsp3) is 0.364. The molecule has 1 atom stereocenters. The second-order valence-corrected chi connectivity index (χ2v) is 8.20. The SMILES string of the molecule is COc1ccc(COCC(O)CSc2nnc(-c3ccccc3F)n2C2CC2)cc1. The molecule has 0 radical (unpaired) electrons. The van der Waals surface area contributed by atoms with Crippen LogP contribution in [0.1, 0.15) is 24.4 Å². The molecule has 158 valence electrons. The average molecular weight is 430 g/mol. The van der Waals surface area contributed by atoms with Crippen molar-refractivity contribution in [2.45, 2.75) is 36.8 Å². The number of hydrogen-bond acceptors (Lipinski definition) is 6. The van der Waals surface area contributed by atoms with E-state index in [9.17, 15) is 9.50 Å². The summed E-state index contributed by atoms with van der Waals surface area (Å²) in [6.07, 6.45) is 1.41. The summed E-state index contributed by atoms with van der Waals surface area (Å²) in [5, 5.41) is 19.5. The molecule has 2 aromatic carbocycles. The Labute approximate surface area is 179 Å². The van der Waals surface area contributed by atoms with Crippen molar-refractivity contribution >= 4 is 11.8 Å². The Kier molecular flexibility index (Phi) is 6.66. The van der Waals surface area contributed by atoms with Crippen LogP contribution in [0.5, 0.6) is 5.75 Å². The van der Waals surface area contributed by atoms with Crippen LogP contribution in [0.4, 0.5) is 4.39 Å². The van der Waals surface area contributed by atoms with Gasteiger partial charge in [-0.25, -0.2) is 4.39 Å². The van der Waals surface area contributed by atoms with Gasteiger partial charge in [0, 0.05) is 11.8 Å². The van der Waals surface area contributed by atoms with Gasteiger partial charge in [0.1, 0.15) is 11.6 Å². The molecule has 0 aliphatic heterocycles. The predicted octanol–water partition coefficient (Wildman–Crippen LogP) is 4.10. The van der Waals surface area contributed by atoms with Crippen molar-refractivity contribution in [3.63, 3.8) is 0 Å². The Morgan fingerprint density at radius 2 is 1.93 bits per heavy atom. The number of methoxy groups -OCH3 is 1. The van der Waals surface area contributed by atoms with Gasteiger partial charge in [0.15, 0.2) is 11.0 Å². The van der Waals surface area contributed by atoms with Crippen LogP contribution >= 0.6 is 11.8 Å². The number of ether oxygens (including phenoxy) is 2. The van der Waals surface area contributed by atoms with Crippen molar-refractivity contribution in [3.05, 3.63) is 59.9 Å². The monoisotopic (exact) mass is 429 g/mol. The minimum Gasteiger partial charge on any atom is -0.497 e. The number of aliphatic hydroxyl groups excluding tert-OH is 1. The number of hydrogen-bond donors (Lipinski definition) is 1. The zero-order valence-electron chi connectivity index (χ0n) is 16.7. The van der Waals surface area contributed by atoms with Crippen LogP contribution in [0.3, 0.4) is 0 Å². The minimum atomic E-state index is -0.644. The highest BCUT2D eigenvalue weighted by Crippen LogP contribution is 2.41. The zero-order valence-corrected chi connectivity index (χ0v) is 17.5. The number of benzene rings is 2. The number of aliphatic hydroxyl groups is 1. The molecule has 1 heterocycles. The van der Waals surface area contributed by atoms with Crippen molar-refractivity contribution in [2.75, 3.05) is 19.5 Å². The molecule has 0 spiro atoms. The molecule has 3 aromatic rings. The van der Waals surface area contributed by atoms with Crippen molar-refractivity contribution in [1.82, 2.24) is 14.8 Å². The summed E-state index contributed by atoms with van der Waals surface area (Å²) in [6, 6.07) is 14.5. The summed E-state index contributed by atoms with van der Waals surface area (Å²) in [7, 11) is 1.63. The van der Waals surface area contributed by atoms with Crippen LogP contribution in [0.2, 0.25) is 0 Å². The van der Waals surface area contributed by atoms with Gasteiger partial charge in [-0.05, 0) is 42.7 Å². The lowest BCUT2D eigenvalue weighted by Gasteiger charge is -2.12. The van der Waals surface area contributed by atoms with Gasteiger partial charge in [-0.2, -0.15) is 0 Å². The summed E-state index contributed by atoms with van der Waals surface area (Å²) in [5.41, 5.74) is 1.46. The minimum absolute atomic E-state index is 0.219. The summed E-state index contributed by atoms with van der Waals surface area (Å²) < 4.78 is 27.0. The summed E-state index contributed by atoms with van der Waals surface area (Å²) in [5.74, 6) is 1.45. The van der Waals surface area contributed by atoms with E-state index in [1.165, 1.54) is 17.8 Å². The molecule has 1 aliphatic carbocycles. The quantitative estimate of drug-likeness (QED) is 0.490. The Hall–Kier alpha value is -2.42. The van der Waals surface area contributed by atoms with E-state index < -0.39 is 6.10 Å². The molecule has 30 heavy (non-hydrogen) atoms. The fourth-order valence-electron chi connectivity index (χ4n) is 3.12. The van der Waals surface area contributed by atoms with E-state index in [-0.39, 0.29) is 12.4 Å². The Morgan fingerprint density at radius 1 is 1.17 bits per heavy atom. The lowest BCUT2D eigenvalue weighted by atomic mass is 10.2. The van der Waals surface area contributed by atoms with Crippen molar-refractivity contribution < 1.29 is 19.0 Å². The van der Waals surface area contributed by atoms with Crippen molar-refractivity contribution in [2.24, 2.45) is 0 Å². The molecule has 0 bridgehead atoms. The molecule has 1 unspecified atom stereocenters. The number of halogens is 1. The highest BCUT2D eigenvalue weighted by atomic mass is 32.2. The third kappa shape index (κ3) is 5.00. The van der Waals surface area contributed by atoms with E-state index in [0.717, 1.165) is 24.2 Å². The van der Waals surface area contributed by atoms with E-state index in [1.807, 2.05) is 28.8 Å². The molecule has 0 saturated heterocycles. The molecule has 1 fully saturated rings. The van der Waals surface area contributed by atoms with Gasteiger partial charge in [-0.1, -0.05) is 36.0 Å². The van der Waals surface area contributed by atoms with Crippen LogP contribution in [0, 0.1) is 5.82 Å². The highest BCUT2D eigenvalue weighted by Gasteiger charge is 2.31. The zero-order chi connectivity index (χ0) is 20.9. The average Bonchev–Trinajstić information content (AvgIpc) is 3.52. The van der Waals surface area contributed by atoms with Gasteiger partial charge < -0.3 is 14.6 Å². The van der Waals surface area contributed by atoms with E-state index >= 15 is 0 Å². The Balaban J connectivity index is 1.33. The second-order valence-electron chi connectivity index (χ2n) is 7.22. The lowest BCUT2D eigenvalue weighted by Crippen LogP contribution is -2.18. The van der Waals surface area contributed by atoms with Gasteiger partial charge in [0.2, 0.25) is 0 Å². The molecule has 1 aromatic heterocycles. The normalized spacial score (nSPS) is 14.6. The highest BCUT2D eigenvalue weighted by molar-refractivity contribution is 7.99. The maximum Gasteiger partial charge on any atom is 0.191 e. The van der Waals surface area contributed by atoms with E-state index in [0.29, 0.717) is 34.9 Å². The van der Waals surface area contributed by atoms with Gasteiger partial charge in [0.25, 0.3) is 0 Å². The van der Waals surface area contributed by atoms with Crippen LogP contribution in [-0.4, -0.2) is 45.4 Å². The topological polar surface area (TPSA) is 69.4 Å². The molecule has 4 rings (SSSR count). The first-order chi connectivity index (χ1) is 14.7. The fourth-order valence-corrected chi connectivity index (χ4v) is 4.03. The Bertz CT molecular complexity index is 976. The first-order valence-electron chi connectivity index (χ1n) is 9.87. The molecular formula is C22H24FN3O3S. The van der Waals surface area contributed by atoms with E-state index in [2.05, 4.69) is 10.2 Å². The molecular weight excluding hydrogens is 405 g/mol. The lowest BCUT2D eigenvalue weighted by molar-refractivity contribution is 0.0397. The summed E-state index contributed by atoms with van der Waals surface area (Å²) >= 11 is 1.42. The second kappa shape index (κ2) is 9.59. The molecule has 0 amide bonds. The van der Waals surface area contributed by atoms with Crippen LogP contribution in [-0.2, 0) is 11.3 Å². The smallest absolute Gasteiger partial charge is 0.191 e. The summed E-state index contributed by atoms with van der Waals surface area (Å²) in [6.45, 7) is 0.637. The molecule has 1 saturated carbocycles. The van der Waals surface area contributed by atoms with Crippen LogP contribution in [0.25, 0.3) is 11.4 Å². The van der Waals surface area contributed by atoms with Crippen LogP contribution < -0.4 is 4.74 Å². The molecule has 8 heteroatoms. The largest absolute Gasteiger partial charge is 0.497 e. The molecule has 1 N–H and O–H groups in total. The van der Waals surface area contributed by atoms with Crippen molar-refractivity contribution in [3.8, 4) is 17.1 Å². The van der Waals surface area contributed by atoms with E-state index in [1.54, 1.807) is 25.3 Å². The first-order valence-corrected chi connectivity index (χ1v) is 10.9. The van der Waals surface area contributed by atoms with Crippen molar-refractivity contribution in [1.29, 1.82) is 0 Å². The molecule has 1 aliphatic rings. The first kappa shape index (κ1) is 20.8. The van der Waals surface area contributed by atoms with Gasteiger partial charge >= 0.3 is 0 Å². The standard InChI is InChI=1S/C22H24FN3O3S/c1-28-18-10-6-15(7-11-18)12-29-13-17(27)14-30-22-25-24-21(26(22)16-8-9-16)19-4-2-3-5-20(19)23/h2-7,10-11,16-17,27H,8-9,12-14H2,1H3. The predicted molar refractivity (Wildman–Crippen MR) is 113 cm³/mol. The van der Waals surface area contributed by atoms with Gasteiger partial charge in [-0.3, -0.25) is 4.57 Å². The molecule has 6 nitrogen and oxygen atoms in total. The van der Waals surface area contributed by atoms with Gasteiger partial charge in [0.05, 0.1) is 32.0 Å².